The summed E-state index contributed by atoms with van der Waals surface area (Å²) in [7, 11) is 0. The Labute approximate surface area is 108 Å². The van der Waals surface area contributed by atoms with E-state index in [0.717, 1.165) is 30.6 Å². The molecule has 0 N–H and O–H groups in total. The van der Waals surface area contributed by atoms with Crippen molar-refractivity contribution in [2.45, 2.75) is 39.5 Å². The van der Waals surface area contributed by atoms with E-state index in [0.29, 0.717) is 11.1 Å². The molecule has 1 aromatic heterocycles. The fourth-order valence-electron chi connectivity index (χ4n) is 2.07. The van der Waals surface area contributed by atoms with Crippen molar-refractivity contribution in [1.82, 2.24) is 9.97 Å². The number of aromatic nitrogens is 2. The van der Waals surface area contributed by atoms with E-state index in [1.807, 2.05) is 6.07 Å². The van der Waals surface area contributed by atoms with Gasteiger partial charge in [-0.2, -0.15) is 0 Å². The monoisotopic (exact) mass is 253 g/mol. The van der Waals surface area contributed by atoms with Gasteiger partial charge < -0.3 is 4.90 Å². The third kappa shape index (κ3) is 3.09. The van der Waals surface area contributed by atoms with Crippen LogP contribution in [0.3, 0.4) is 0 Å². The molecule has 1 aromatic rings. The Bertz CT molecular complexity index is 384. The molecule has 17 heavy (non-hydrogen) atoms. The highest BCUT2D eigenvalue weighted by molar-refractivity contribution is 6.29. The SMILES string of the molecule is CC1CCN(c2nc(Cl)cc(C(C)C)n2)CC1. The zero-order valence-electron chi connectivity index (χ0n) is 10.8. The highest BCUT2D eigenvalue weighted by Crippen LogP contribution is 2.23. The highest BCUT2D eigenvalue weighted by Gasteiger charge is 2.19. The lowest BCUT2D eigenvalue weighted by molar-refractivity contribution is 0.434. The summed E-state index contributed by atoms with van der Waals surface area (Å²) in [6.45, 7) is 8.63. The number of halogens is 1. The molecule has 0 spiro atoms. The predicted molar refractivity (Wildman–Crippen MR) is 71.7 cm³/mol. The van der Waals surface area contributed by atoms with Crippen molar-refractivity contribution in [3.05, 3.63) is 16.9 Å². The standard InChI is InChI=1S/C13H20ClN3/c1-9(2)11-8-12(14)16-13(15-11)17-6-4-10(3)5-7-17/h8-10H,4-7H2,1-3H3. The first-order chi connectivity index (χ1) is 8.06. The Balaban J connectivity index is 2.20. The quantitative estimate of drug-likeness (QED) is 0.756. The van der Waals surface area contributed by atoms with Crippen molar-refractivity contribution in [3.63, 3.8) is 0 Å². The van der Waals surface area contributed by atoms with Crippen molar-refractivity contribution >= 4 is 17.5 Å². The minimum absolute atomic E-state index is 0.387. The Morgan fingerprint density at radius 3 is 2.53 bits per heavy atom. The molecular weight excluding hydrogens is 234 g/mol. The van der Waals surface area contributed by atoms with Gasteiger partial charge in [-0.3, -0.25) is 0 Å². The molecule has 0 aromatic carbocycles. The average molecular weight is 254 g/mol. The summed E-state index contributed by atoms with van der Waals surface area (Å²) in [5.74, 6) is 2.00. The van der Waals surface area contributed by atoms with E-state index in [1.54, 1.807) is 0 Å². The van der Waals surface area contributed by atoms with Gasteiger partial charge in [-0.05, 0) is 30.7 Å². The summed E-state index contributed by atoms with van der Waals surface area (Å²) in [6, 6.07) is 1.86. The molecule has 0 radical (unpaired) electrons. The molecular formula is C13H20ClN3. The number of nitrogens with zero attached hydrogens (tertiary/aromatic N) is 3. The third-order valence-corrected chi connectivity index (χ3v) is 3.55. The second kappa shape index (κ2) is 5.21. The molecule has 1 fully saturated rings. The van der Waals surface area contributed by atoms with E-state index >= 15 is 0 Å². The Kier molecular flexibility index (Phi) is 3.87. The summed E-state index contributed by atoms with van der Waals surface area (Å²) in [5, 5.41) is 0.553. The van der Waals surface area contributed by atoms with Crippen molar-refractivity contribution in [2.24, 2.45) is 5.92 Å². The molecule has 1 saturated heterocycles. The largest absolute Gasteiger partial charge is 0.341 e. The van der Waals surface area contributed by atoms with Crippen LogP contribution in [0.4, 0.5) is 5.95 Å². The Morgan fingerprint density at radius 1 is 1.29 bits per heavy atom. The average Bonchev–Trinajstić information content (AvgIpc) is 2.29. The van der Waals surface area contributed by atoms with Crippen LogP contribution in [0.1, 0.15) is 45.2 Å². The number of piperidine rings is 1. The topological polar surface area (TPSA) is 29.0 Å². The minimum Gasteiger partial charge on any atom is -0.341 e. The smallest absolute Gasteiger partial charge is 0.226 e. The summed E-state index contributed by atoms with van der Waals surface area (Å²) in [6.07, 6.45) is 2.43. The maximum absolute atomic E-state index is 6.06. The minimum atomic E-state index is 0.387. The second-order valence-corrected chi connectivity index (χ2v) is 5.63. The summed E-state index contributed by atoms with van der Waals surface area (Å²) in [5.41, 5.74) is 1.03. The van der Waals surface area contributed by atoms with Crippen molar-refractivity contribution in [2.75, 3.05) is 18.0 Å². The molecule has 1 aliphatic heterocycles. The highest BCUT2D eigenvalue weighted by atomic mass is 35.5. The number of hydrogen-bond donors (Lipinski definition) is 0. The molecule has 0 saturated carbocycles. The maximum atomic E-state index is 6.06. The molecule has 2 rings (SSSR count). The fourth-order valence-corrected chi connectivity index (χ4v) is 2.26. The zero-order chi connectivity index (χ0) is 12.4. The van der Waals surface area contributed by atoms with Crippen LogP contribution in [0.25, 0.3) is 0 Å². The van der Waals surface area contributed by atoms with E-state index in [1.165, 1.54) is 12.8 Å². The molecule has 4 heteroatoms. The van der Waals surface area contributed by atoms with E-state index in [4.69, 9.17) is 11.6 Å². The van der Waals surface area contributed by atoms with Gasteiger partial charge in [0.05, 0.1) is 5.69 Å². The normalized spacial score (nSPS) is 17.8. The van der Waals surface area contributed by atoms with Crippen molar-refractivity contribution in [3.8, 4) is 0 Å². The maximum Gasteiger partial charge on any atom is 0.226 e. The van der Waals surface area contributed by atoms with Gasteiger partial charge in [-0.25, -0.2) is 9.97 Å². The van der Waals surface area contributed by atoms with Gasteiger partial charge in [-0.15, -0.1) is 0 Å². The number of hydrogen-bond acceptors (Lipinski definition) is 3. The van der Waals surface area contributed by atoms with E-state index < -0.39 is 0 Å². The first kappa shape index (κ1) is 12.6. The molecule has 0 unspecified atom stereocenters. The first-order valence-corrected chi connectivity index (χ1v) is 6.73. The molecule has 3 nitrogen and oxygen atoms in total. The number of anilines is 1. The molecule has 0 aliphatic carbocycles. The van der Waals surface area contributed by atoms with Gasteiger partial charge in [-0.1, -0.05) is 32.4 Å². The lowest BCUT2D eigenvalue weighted by atomic mass is 10.00. The molecule has 2 heterocycles. The van der Waals surface area contributed by atoms with Gasteiger partial charge in [0.25, 0.3) is 0 Å². The Hall–Kier alpha value is -0.830. The summed E-state index contributed by atoms with van der Waals surface area (Å²) in [4.78, 5) is 11.2. The van der Waals surface area contributed by atoms with Crippen LogP contribution in [0.2, 0.25) is 5.15 Å². The summed E-state index contributed by atoms with van der Waals surface area (Å²) < 4.78 is 0. The molecule has 1 aliphatic rings. The second-order valence-electron chi connectivity index (χ2n) is 5.24. The van der Waals surface area contributed by atoms with Crippen LogP contribution in [-0.2, 0) is 0 Å². The third-order valence-electron chi connectivity index (χ3n) is 3.36. The summed E-state index contributed by atoms with van der Waals surface area (Å²) >= 11 is 6.06. The van der Waals surface area contributed by atoms with E-state index in [9.17, 15) is 0 Å². The van der Waals surface area contributed by atoms with E-state index in [2.05, 4.69) is 35.6 Å². The van der Waals surface area contributed by atoms with Crippen LogP contribution in [0, 0.1) is 5.92 Å². The number of rotatable bonds is 2. The molecule has 94 valence electrons. The van der Waals surface area contributed by atoms with Crippen LogP contribution < -0.4 is 4.90 Å². The predicted octanol–water partition coefficient (Wildman–Crippen LogP) is 3.49. The first-order valence-electron chi connectivity index (χ1n) is 6.35. The van der Waals surface area contributed by atoms with Crippen LogP contribution in [-0.4, -0.2) is 23.1 Å². The van der Waals surface area contributed by atoms with Gasteiger partial charge in [0.15, 0.2) is 0 Å². The van der Waals surface area contributed by atoms with Gasteiger partial charge in [0, 0.05) is 13.1 Å². The van der Waals surface area contributed by atoms with Crippen LogP contribution in [0.15, 0.2) is 6.07 Å². The molecule has 0 bridgehead atoms. The lowest BCUT2D eigenvalue weighted by Crippen LogP contribution is -2.34. The Morgan fingerprint density at radius 2 is 1.94 bits per heavy atom. The van der Waals surface area contributed by atoms with Crippen molar-refractivity contribution < 1.29 is 0 Å². The van der Waals surface area contributed by atoms with Crippen LogP contribution in [0.5, 0.6) is 0 Å². The van der Waals surface area contributed by atoms with Crippen molar-refractivity contribution in [1.29, 1.82) is 0 Å². The zero-order valence-corrected chi connectivity index (χ0v) is 11.5. The van der Waals surface area contributed by atoms with Gasteiger partial charge in [0.2, 0.25) is 5.95 Å². The molecule has 0 atom stereocenters. The van der Waals surface area contributed by atoms with E-state index in [-0.39, 0.29) is 0 Å². The van der Waals surface area contributed by atoms with Gasteiger partial charge >= 0.3 is 0 Å². The van der Waals surface area contributed by atoms with Crippen LogP contribution >= 0.6 is 11.6 Å². The lowest BCUT2D eigenvalue weighted by Gasteiger charge is -2.30. The molecule has 0 amide bonds. The van der Waals surface area contributed by atoms with Gasteiger partial charge in [0.1, 0.15) is 5.15 Å². The fraction of sp³-hybridized carbons (Fsp3) is 0.692.